The molecule has 0 amide bonds. The lowest BCUT2D eigenvalue weighted by atomic mass is 10.3. The van der Waals surface area contributed by atoms with Crippen LogP contribution in [0.3, 0.4) is 0 Å². The molecule has 1 aromatic carbocycles. The molecule has 0 saturated heterocycles. The van der Waals surface area contributed by atoms with Crippen molar-refractivity contribution >= 4 is 17.6 Å². The Hall–Kier alpha value is -1.42. The average Bonchev–Trinajstić information content (AvgIpc) is 3.26. The van der Waals surface area contributed by atoms with Crippen molar-refractivity contribution in [3.05, 3.63) is 29.3 Å². The summed E-state index contributed by atoms with van der Waals surface area (Å²) in [5, 5.41) is 7.22. The number of rotatable bonds is 6. The first kappa shape index (κ1) is 15.0. The molecule has 1 unspecified atom stereocenters. The van der Waals surface area contributed by atoms with E-state index in [2.05, 4.69) is 15.6 Å². The van der Waals surface area contributed by atoms with Gasteiger partial charge in [0, 0.05) is 13.6 Å². The quantitative estimate of drug-likeness (QED) is 0.626. The molecule has 1 fully saturated rings. The predicted octanol–water partition coefficient (Wildman–Crippen LogP) is 2.68. The van der Waals surface area contributed by atoms with E-state index in [0.29, 0.717) is 17.3 Å². The maximum atomic E-state index is 6.07. The molecule has 1 aromatic rings. The van der Waals surface area contributed by atoms with E-state index in [1.807, 2.05) is 31.2 Å². The summed E-state index contributed by atoms with van der Waals surface area (Å²) < 4.78 is 5.80. The van der Waals surface area contributed by atoms with E-state index in [9.17, 15) is 0 Å². The highest BCUT2D eigenvalue weighted by molar-refractivity contribution is 6.32. The normalized spacial score (nSPS) is 16.6. The van der Waals surface area contributed by atoms with E-state index >= 15 is 0 Å². The standard InChI is InChI=1S/C15H22ClN3O/c1-11(20-14-6-4-3-5-13(14)16)9-18-15(17-2)19-10-12-7-8-12/h3-6,11-12H,7-10H2,1-2H3,(H2,17,18,19). The molecular weight excluding hydrogens is 274 g/mol. The van der Waals surface area contributed by atoms with Crippen LogP contribution in [-0.2, 0) is 0 Å². The maximum absolute atomic E-state index is 6.07. The summed E-state index contributed by atoms with van der Waals surface area (Å²) in [6.07, 6.45) is 2.67. The molecule has 2 N–H and O–H groups in total. The minimum atomic E-state index is 0.00868. The molecule has 0 spiro atoms. The largest absolute Gasteiger partial charge is 0.487 e. The van der Waals surface area contributed by atoms with E-state index in [1.165, 1.54) is 12.8 Å². The van der Waals surface area contributed by atoms with Crippen LogP contribution in [0.15, 0.2) is 29.3 Å². The van der Waals surface area contributed by atoms with E-state index in [1.54, 1.807) is 7.05 Å². The van der Waals surface area contributed by atoms with Crippen LogP contribution >= 0.6 is 11.6 Å². The van der Waals surface area contributed by atoms with Gasteiger partial charge in [-0.3, -0.25) is 4.99 Å². The van der Waals surface area contributed by atoms with Crippen LogP contribution in [0.4, 0.5) is 0 Å². The zero-order valence-electron chi connectivity index (χ0n) is 12.0. The van der Waals surface area contributed by atoms with Crippen molar-refractivity contribution in [2.24, 2.45) is 10.9 Å². The summed E-state index contributed by atoms with van der Waals surface area (Å²) in [6.45, 7) is 3.68. The monoisotopic (exact) mass is 295 g/mol. The van der Waals surface area contributed by atoms with Gasteiger partial charge >= 0.3 is 0 Å². The molecule has 0 heterocycles. The molecule has 0 bridgehead atoms. The Bertz CT molecular complexity index is 460. The third-order valence-electron chi connectivity index (χ3n) is 3.20. The van der Waals surface area contributed by atoms with Gasteiger partial charge < -0.3 is 15.4 Å². The number of hydrogen-bond donors (Lipinski definition) is 2. The highest BCUT2D eigenvalue weighted by Crippen LogP contribution is 2.27. The first-order chi connectivity index (χ1) is 9.69. The van der Waals surface area contributed by atoms with Gasteiger partial charge in [-0.1, -0.05) is 23.7 Å². The van der Waals surface area contributed by atoms with Crippen molar-refractivity contribution in [1.82, 2.24) is 10.6 Å². The van der Waals surface area contributed by atoms with Crippen molar-refractivity contribution in [3.8, 4) is 5.75 Å². The number of ether oxygens (including phenoxy) is 1. The van der Waals surface area contributed by atoms with Crippen LogP contribution in [0, 0.1) is 5.92 Å². The fourth-order valence-electron chi connectivity index (χ4n) is 1.82. The molecule has 0 radical (unpaired) electrons. The lowest BCUT2D eigenvalue weighted by molar-refractivity contribution is 0.224. The summed E-state index contributed by atoms with van der Waals surface area (Å²) >= 11 is 6.07. The smallest absolute Gasteiger partial charge is 0.191 e. The Morgan fingerprint density at radius 3 is 2.80 bits per heavy atom. The lowest BCUT2D eigenvalue weighted by Gasteiger charge is -2.18. The van der Waals surface area contributed by atoms with Gasteiger partial charge in [-0.25, -0.2) is 0 Å². The molecule has 1 aliphatic rings. The van der Waals surface area contributed by atoms with E-state index in [4.69, 9.17) is 16.3 Å². The minimum absolute atomic E-state index is 0.00868. The molecule has 20 heavy (non-hydrogen) atoms. The summed E-state index contributed by atoms with van der Waals surface area (Å²) in [7, 11) is 1.78. The second-order valence-electron chi connectivity index (χ2n) is 5.14. The zero-order valence-corrected chi connectivity index (χ0v) is 12.8. The number of para-hydroxylation sites is 1. The summed E-state index contributed by atoms with van der Waals surface area (Å²) in [6, 6.07) is 7.51. The van der Waals surface area contributed by atoms with Crippen LogP contribution in [0.2, 0.25) is 5.02 Å². The molecule has 1 aliphatic carbocycles. The zero-order chi connectivity index (χ0) is 14.4. The molecule has 0 aliphatic heterocycles. The van der Waals surface area contributed by atoms with Crippen LogP contribution in [0.5, 0.6) is 5.75 Å². The SMILES string of the molecule is CN=C(NCC1CC1)NCC(C)Oc1ccccc1Cl. The first-order valence-electron chi connectivity index (χ1n) is 7.04. The second-order valence-corrected chi connectivity index (χ2v) is 5.54. The third-order valence-corrected chi connectivity index (χ3v) is 3.51. The van der Waals surface area contributed by atoms with Crippen molar-refractivity contribution in [2.45, 2.75) is 25.9 Å². The highest BCUT2D eigenvalue weighted by Gasteiger charge is 2.21. The van der Waals surface area contributed by atoms with Gasteiger partial charge in [-0.2, -0.15) is 0 Å². The second kappa shape index (κ2) is 7.39. The molecule has 110 valence electrons. The van der Waals surface area contributed by atoms with Gasteiger partial charge in [0.25, 0.3) is 0 Å². The molecule has 1 saturated carbocycles. The van der Waals surface area contributed by atoms with E-state index in [-0.39, 0.29) is 6.10 Å². The number of nitrogens with one attached hydrogen (secondary N) is 2. The topological polar surface area (TPSA) is 45.7 Å². The molecular formula is C15H22ClN3O. The average molecular weight is 296 g/mol. The van der Waals surface area contributed by atoms with Crippen molar-refractivity contribution in [1.29, 1.82) is 0 Å². The number of guanidine groups is 1. The Morgan fingerprint density at radius 1 is 1.40 bits per heavy atom. The number of halogens is 1. The van der Waals surface area contributed by atoms with Crippen molar-refractivity contribution in [2.75, 3.05) is 20.1 Å². The van der Waals surface area contributed by atoms with Gasteiger partial charge in [-0.05, 0) is 37.8 Å². The predicted molar refractivity (Wildman–Crippen MR) is 83.6 cm³/mol. The lowest BCUT2D eigenvalue weighted by Crippen LogP contribution is -2.42. The fourth-order valence-corrected chi connectivity index (χ4v) is 2.00. The highest BCUT2D eigenvalue weighted by atomic mass is 35.5. The van der Waals surface area contributed by atoms with Crippen LogP contribution < -0.4 is 15.4 Å². The van der Waals surface area contributed by atoms with Gasteiger partial charge in [0.05, 0.1) is 11.6 Å². The summed E-state index contributed by atoms with van der Waals surface area (Å²) in [5.41, 5.74) is 0. The van der Waals surface area contributed by atoms with Crippen LogP contribution in [-0.4, -0.2) is 32.2 Å². The van der Waals surface area contributed by atoms with Crippen molar-refractivity contribution < 1.29 is 4.74 Å². The van der Waals surface area contributed by atoms with E-state index < -0.39 is 0 Å². The minimum Gasteiger partial charge on any atom is -0.487 e. The Labute approximate surface area is 125 Å². The maximum Gasteiger partial charge on any atom is 0.191 e. The number of hydrogen-bond acceptors (Lipinski definition) is 2. The number of aliphatic imine (C=N–C) groups is 1. The van der Waals surface area contributed by atoms with Crippen LogP contribution in [0.1, 0.15) is 19.8 Å². The fraction of sp³-hybridized carbons (Fsp3) is 0.533. The number of nitrogens with zero attached hydrogens (tertiary/aromatic N) is 1. The Balaban J connectivity index is 1.73. The third kappa shape index (κ3) is 4.93. The van der Waals surface area contributed by atoms with Gasteiger partial charge in [-0.15, -0.1) is 0 Å². The van der Waals surface area contributed by atoms with Crippen LogP contribution in [0.25, 0.3) is 0 Å². The molecule has 2 rings (SSSR count). The Morgan fingerprint density at radius 2 is 2.15 bits per heavy atom. The van der Waals surface area contributed by atoms with Gasteiger partial charge in [0.15, 0.2) is 5.96 Å². The van der Waals surface area contributed by atoms with Gasteiger partial charge in [0.1, 0.15) is 11.9 Å². The summed E-state index contributed by atoms with van der Waals surface area (Å²) in [4.78, 5) is 4.20. The number of benzene rings is 1. The van der Waals surface area contributed by atoms with E-state index in [0.717, 1.165) is 18.4 Å². The first-order valence-corrected chi connectivity index (χ1v) is 7.42. The van der Waals surface area contributed by atoms with Crippen molar-refractivity contribution in [3.63, 3.8) is 0 Å². The Kier molecular flexibility index (Phi) is 5.53. The molecule has 0 aromatic heterocycles. The molecule has 4 nitrogen and oxygen atoms in total. The molecule has 1 atom stereocenters. The van der Waals surface area contributed by atoms with Gasteiger partial charge in [0.2, 0.25) is 0 Å². The molecule has 5 heteroatoms. The summed E-state index contributed by atoms with van der Waals surface area (Å²) in [5.74, 6) is 2.36.